The maximum atomic E-state index is 5.67. The van der Waals surface area contributed by atoms with Crippen molar-refractivity contribution in [2.24, 2.45) is 0 Å². The van der Waals surface area contributed by atoms with Crippen molar-refractivity contribution in [1.29, 1.82) is 0 Å². The molecule has 0 fully saturated rings. The van der Waals surface area contributed by atoms with Crippen LogP contribution in [0.5, 0.6) is 0 Å². The Bertz CT molecular complexity index is 464. The molecule has 0 saturated carbocycles. The van der Waals surface area contributed by atoms with Crippen LogP contribution < -0.4 is 11.5 Å². The molecule has 0 aliphatic heterocycles. The van der Waals surface area contributed by atoms with Gasteiger partial charge < -0.3 is 17.9 Å². The zero-order valence-corrected chi connectivity index (χ0v) is 18.8. The van der Waals surface area contributed by atoms with Gasteiger partial charge >= 0.3 is 0 Å². The van der Waals surface area contributed by atoms with E-state index < -0.39 is 0 Å². The maximum Gasteiger partial charge on any atom is 0.150 e. The van der Waals surface area contributed by atoms with E-state index in [2.05, 4.69) is 29.9 Å². The Morgan fingerprint density at radius 1 is 1.04 bits per heavy atom. The monoisotopic (exact) mass is 421 g/mol. The van der Waals surface area contributed by atoms with Crippen molar-refractivity contribution < 1.29 is 32.7 Å². The first kappa shape index (κ1) is 31.7. The second kappa shape index (κ2) is 23.0. The standard InChI is InChI=1S/C8H13N4.C6H5.C3H8.C2H6.CH4.Y/c1-3-4-6-7(9)8(10)12-5(2)11-6;1-2-4-6-5-3-1;1-3-2;1-2;;/h3H,4,9H2,1-2H3,(H2,10,11,12);1-5H;3H2,1-2H3;1-2H3;1H4;/q2*-1;;;;. The predicted octanol–water partition coefficient (Wildman–Crippen LogP) is 5.28. The predicted molar refractivity (Wildman–Crippen MR) is 109 cm³/mol. The van der Waals surface area contributed by atoms with Crippen LogP contribution in [0.25, 0.3) is 0 Å². The average Bonchev–Trinajstić information content (AvgIpc) is 2.57. The fraction of sp³-hybridized carbons (Fsp3) is 0.450. The summed E-state index contributed by atoms with van der Waals surface area (Å²) in [6, 6.07) is 12.5. The largest absolute Gasteiger partial charge is 0.394 e. The third-order valence-corrected chi connectivity index (χ3v) is 2.17. The topological polar surface area (TPSA) is 77.8 Å². The van der Waals surface area contributed by atoms with E-state index in [0.29, 0.717) is 17.3 Å². The molecule has 1 aromatic carbocycles. The van der Waals surface area contributed by atoms with Crippen molar-refractivity contribution in [2.45, 2.75) is 61.8 Å². The van der Waals surface area contributed by atoms with Crippen LogP contribution in [0.1, 0.15) is 60.0 Å². The number of benzene rings is 1. The number of aromatic nitrogens is 2. The number of anilines is 2. The number of nitrogens with two attached hydrogens (primary N) is 2. The minimum Gasteiger partial charge on any atom is -0.394 e. The first-order chi connectivity index (χ1) is 11.1. The Morgan fingerprint density at radius 2 is 1.52 bits per heavy atom. The molecule has 2 rings (SSSR count). The summed E-state index contributed by atoms with van der Waals surface area (Å²) in [5, 5.41) is 0. The van der Waals surface area contributed by atoms with Crippen LogP contribution in [0.2, 0.25) is 0 Å². The Kier molecular flexibility index (Phi) is 29.2. The number of rotatable bonds is 2. The molecule has 4 nitrogen and oxygen atoms in total. The van der Waals surface area contributed by atoms with E-state index in [1.54, 1.807) is 6.92 Å². The van der Waals surface area contributed by atoms with Gasteiger partial charge in [0.1, 0.15) is 5.82 Å². The number of nitrogen functional groups attached to an aromatic ring is 2. The second-order valence-corrected chi connectivity index (χ2v) is 4.41. The second-order valence-electron chi connectivity index (χ2n) is 4.41. The van der Waals surface area contributed by atoms with Gasteiger partial charge in [0.25, 0.3) is 0 Å². The van der Waals surface area contributed by atoms with Gasteiger partial charge in [-0.05, 0) is 6.92 Å². The van der Waals surface area contributed by atoms with Crippen molar-refractivity contribution in [3.8, 4) is 0 Å². The van der Waals surface area contributed by atoms with Crippen molar-refractivity contribution in [1.82, 2.24) is 9.97 Å². The molecule has 1 aromatic heterocycles. The van der Waals surface area contributed by atoms with Gasteiger partial charge in [0.05, 0.1) is 5.69 Å². The summed E-state index contributed by atoms with van der Waals surface area (Å²) in [5.74, 6) is 1.04. The molecule has 0 amide bonds. The molecule has 141 valence electrons. The Balaban J connectivity index is -0.000000144. The Labute approximate surface area is 181 Å². The molecule has 0 aliphatic rings. The Morgan fingerprint density at radius 3 is 1.84 bits per heavy atom. The van der Waals surface area contributed by atoms with Gasteiger partial charge in [-0.15, -0.1) is 6.42 Å². The number of nitrogens with zero attached hydrogens (tertiary/aromatic N) is 2. The van der Waals surface area contributed by atoms with Gasteiger partial charge in [0.2, 0.25) is 0 Å². The number of aryl methyl sites for hydroxylation is 1. The SMILES string of the molecule is C.CC.CCC.C[CH-]Cc1nc(C)nc(N)c1N.[Y].[c-]1ccccc1. The molecule has 0 bridgehead atoms. The van der Waals surface area contributed by atoms with Crippen LogP contribution in [0.15, 0.2) is 30.3 Å². The van der Waals surface area contributed by atoms with Crippen LogP contribution in [0, 0.1) is 19.4 Å². The van der Waals surface area contributed by atoms with Crippen molar-refractivity contribution in [3.05, 3.63) is 54.3 Å². The van der Waals surface area contributed by atoms with Crippen molar-refractivity contribution in [2.75, 3.05) is 11.5 Å². The first-order valence-electron chi connectivity index (χ1n) is 8.14. The van der Waals surface area contributed by atoms with Gasteiger partial charge in [-0.2, -0.15) is 43.3 Å². The summed E-state index contributed by atoms with van der Waals surface area (Å²) in [5.41, 5.74) is 12.5. The molecule has 5 heteroatoms. The van der Waals surface area contributed by atoms with Gasteiger partial charge in [-0.25, -0.2) is 9.97 Å². The summed E-state index contributed by atoms with van der Waals surface area (Å²) in [6.07, 6.45) is 3.97. The fourth-order valence-electron chi connectivity index (χ4n) is 1.35. The van der Waals surface area contributed by atoms with Crippen molar-refractivity contribution >= 4 is 11.5 Å². The molecule has 1 heterocycles. The first-order valence-corrected chi connectivity index (χ1v) is 8.14. The smallest absolute Gasteiger partial charge is 0.150 e. The van der Waals surface area contributed by atoms with Gasteiger partial charge in [0.15, 0.2) is 5.82 Å². The molecule has 0 spiro atoms. The normalized spacial score (nSPS) is 7.76. The molecule has 0 unspecified atom stereocenters. The molecule has 1 radical (unpaired) electrons. The van der Waals surface area contributed by atoms with Gasteiger partial charge in [-0.1, -0.05) is 41.5 Å². The van der Waals surface area contributed by atoms with Crippen LogP contribution in [-0.4, -0.2) is 9.97 Å². The molecule has 2 aromatic rings. The molecular weight excluding hydrogens is 385 g/mol. The van der Waals surface area contributed by atoms with Gasteiger partial charge in [0, 0.05) is 38.4 Å². The average molecular weight is 421 g/mol. The summed E-state index contributed by atoms with van der Waals surface area (Å²) in [7, 11) is 0. The van der Waals surface area contributed by atoms with Crippen molar-refractivity contribution in [3.63, 3.8) is 0 Å². The minimum atomic E-state index is 0. The van der Waals surface area contributed by atoms with Gasteiger partial charge in [-0.3, -0.25) is 0 Å². The van der Waals surface area contributed by atoms with E-state index in [1.807, 2.05) is 57.5 Å². The van der Waals surface area contributed by atoms with E-state index in [-0.39, 0.29) is 40.1 Å². The zero-order chi connectivity index (χ0) is 18.1. The molecule has 4 N–H and O–H groups in total. The number of hydrogen-bond donors (Lipinski definition) is 2. The van der Waals surface area contributed by atoms with Crippen LogP contribution in [0.4, 0.5) is 11.5 Å². The quantitative estimate of drug-likeness (QED) is 0.647. The molecule has 25 heavy (non-hydrogen) atoms. The third kappa shape index (κ3) is 17.6. The van der Waals surface area contributed by atoms with E-state index >= 15 is 0 Å². The van der Waals surface area contributed by atoms with E-state index in [4.69, 9.17) is 11.5 Å². The fourth-order valence-corrected chi connectivity index (χ4v) is 1.35. The summed E-state index contributed by atoms with van der Waals surface area (Å²) in [6.45, 7) is 12.0. The Hall–Kier alpha value is -0.996. The summed E-state index contributed by atoms with van der Waals surface area (Å²) >= 11 is 0. The van der Waals surface area contributed by atoms with E-state index in [1.165, 1.54) is 6.42 Å². The third-order valence-electron chi connectivity index (χ3n) is 2.17. The summed E-state index contributed by atoms with van der Waals surface area (Å²) in [4.78, 5) is 8.12. The zero-order valence-electron chi connectivity index (χ0n) is 16.0. The molecule has 0 aliphatic carbocycles. The van der Waals surface area contributed by atoms with Crippen LogP contribution in [0.3, 0.4) is 0 Å². The molecular formula is C20H36N4Y-2. The summed E-state index contributed by atoms with van der Waals surface area (Å²) < 4.78 is 0. The minimum absolute atomic E-state index is 0. The maximum absolute atomic E-state index is 5.67. The molecule has 0 saturated heterocycles. The van der Waals surface area contributed by atoms with E-state index in [9.17, 15) is 0 Å². The van der Waals surface area contributed by atoms with E-state index in [0.717, 1.165) is 12.1 Å². The van der Waals surface area contributed by atoms with Crippen LogP contribution in [-0.2, 0) is 39.1 Å². The van der Waals surface area contributed by atoms with Crippen LogP contribution >= 0.6 is 0 Å². The molecule has 0 atom stereocenters. The number of hydrogen-bond acceptors (Lipinski definition) is 4.